The van der Waals surface area contributed by atoms with Crippen molar-refractivity contribution >= 4 is 23.2 Å². The van der Waals surface area contributed by atoms with Crippen LogP contribution in [-0.2, 0) is 4.79 Å². The number of nitrogens with two attached hydrogens (primary N) is 1. The fraction of sp³-hybridized carbons (Fsp3) is 0.500. The van der Waals surface area contributed by atoms with Crippen LogP contribution in [0, 0.1) is 12.8 Å². The molecule has 0 saturated carbocycles. The molecule has 4 heteroatoms. The highest BCUT2D eigenvalue weighted by Crippen LogP contribution is 2.21. The monoisotopic (exact) mass is 268 g/mol. The lowest BCUT2D eigenvalue weighted by atomic mass is 9.99. The van der Waals surface area contributed by atoms with Gasteiger partial charge in [-0.1, -0.05) is 24.6 Å². The van der Waals surface area contributed by atoms with Gasteiger partial charge in [0.15, 0.2) is 0 Å². The normalized spacial score (nSPS) is 12.2. The molecular weight excluding hydrogens is 248 g/mol. The van der Waals surface area contributed by atoms with Crippen molar-refractivity contribution in [3.05, 3.63) is 28.8 Å². The highest BCUT2D eigenvalue weighted by molar-refractivity contribution is 6.31. The van der Waals surface area contributed by atoms with Crippen molar-refractivity contribution in [2.45, 2.75) is 33.1 Å². The number of hydrogen-bond donors (Lipinski definition) is 2. The summed E-state index contributed by atoms with van der Waals surface area (Å²) >= 11 is 6.03. The van der Waals surface area contributed by atoms with Crippen molar-refractivity contribution in [1.82, 2.24) is 0 Å². The van der Waals surface area contributed by atoms with Crippen LogP contribution in [0.4, 0.5) is 5.69 Å². The second-order valence-corrected chi connectivity index (χ2v) is 4.90. The number of aryl methyl sites for hydroxylation is 1. The summed E-state index contributed by atoms with van der Waals surface area (Å²) in [6, 6.07) is 5.55. The maximum absolute atomic E-state index is 12.1. The number of amides is 1. The van der Waals surface area contributed by atoms with Crippen molar-refractivity contribution in [3.63, 3.8) is 0 Å². The summed E-state index contributed by atoms with van der Waals surface area (Å²) in [5.74, 6) is 0.0690. The fourth-order valence-electron chi connectivity index (χ4n) is 1.80. The third-order valence-corrected chi connectivity index (χ3v) is 3.47. The van der Waals surface area contributed by atoms with Crippen LogP contribution in [0.25, 0.3) is 0 Å². The molecule has 0 aliphatic carbocycles. The molecule has 0 aliphatic heterocycles. The summed E-state index contributed by atoms with van der Waals surface area (Å²) in [5, 5.41) is 3.57. The topological polar surface area (TPSA) is 55.1 Å². The number of benzene rings is 1. The zero-order valence-electron chi connectivity index (χ0n) is 11.0. The zero-order valence-corrected chi connectivity index (χ0v) is 11.8. The van der Waals surface area contributed by atoms with Crippen LogP contribution < -0.4 is 11.1 Å². The van der Waals surface area contributed by atoms with Gasteiger partial charge in [0.05, 0.1) is 0 Å². The van der Waals surface area contributed by atoms with Gasteiger partial charge in [0.2, 0.25) is 5.91 Å². The molecule has 100 valence electrons. The molecule has 1 aromatic rings. The van der Waals surface area contributed by atoms with Gasteiger partial charge in [0.25, 0.3) is 0 Å². The van der Waals surface area contributed by atoms with E-state index >= 15 is 0 Å². The Labute approximate surface area is 114 Å². The summed E-state index contributed by atoms with van der Waals surface area (Å²) in [6.07, 6.45) is 2.53. The number of nitrogens with one attached hydrogen (secondary N) is 1. The molecule has 1 amide bonds. The minimum Gasteiger partial charge on any atom is -0.330 e. The van der Waals surface area contributed by atoms with Gasteiger partial charge >= 0.3 is 0 Å². The zero-order chi connectivity index (χ0) is 13.5. The summed E-state index contributed by atoms with van der Waals surface area (Å²) < 4.78 is 0. The van der Waals surface area contributed by atoms with Crippen LogP contribution in [0.2, 0.25) is 5.02 Å². The average molecular weight is 269 g/mol. The average Bonchev–Trinajstić information content (AvgIpc) is 2.35. The van der Waals surface area contributed by atoms with Gasteiger partial charge in [-0.05, 0) is 50.4 Å². The van der Waals surface area contributed by atoms with Crippen LogP contribution in [0.5, 0.6) is 0 Å². The van der Waals surface area contributed by atoms with Crippen molar-refractivity contribution in [2.24, 2.45) is 11.7 Å². The van der Waals surface area contributed by atoms with E-state index in [1.165, 1.54) is 0 Å². The van der Waals surface area contributed by atoms with Gasteiger partial charge in [-0.2, -0.15) is 0 Å². The number of hydrogen-bond acceptors (Lipinski definition) is 2. The first kappa shape index (κ1) is 15.0. The van der Waals surface area contributed by atoms with Crippen LogP contribution >= 0.6 is 11.6 Å². The molecule has 0 fully saturated rings. The predicted molar refractivity (Wildman–Crippen MR) is 76.9 cm³/mol. The fourth-order valence-corrected chi connectivity index (χ4v) is 1.98. The Balaban J connectivity index is 2.64. The Morgan fingerprint density at radius 3 is 2.78 bits per heavy atom. The van der Waals surface area contributed by atoms with Gasteiger partial charge in [-0.3, -0.25) is 4.79 Å². The molecule has 1 atom stereocenters. The number of anilines is 1. The minimum absolute atomic E-state index is 0.0219. The summed E-state index contributed by atoms with van der Waals surface area (Å²) in [4.78, 5) is 12.1. The summed E-state index contributed by atoms with van der Waals surface area (Å²) in [7, 11) is 0. The lowest BCUT2D eigenvalue weighted by Crippen LogP contribution is -2.23. The third kappa shape index (κ3) is 4.31. The second-order valence-electron chi connectivity index (χ2n) is 4.49. The first-order valence-corrected chi connectivity index (χ1v) is 6.73. The lowest BCUT2D eigenvalue weighted by Gasteiger charge is -2.15. The highest BCUT2D eigenvalue weighted by atomic mass is 35.5. The van der Waals surface area contributed by atoms with E-state index in [4.69, 9.17) is 17.3 Å². The molecule has 18 heavy (non-hydrogen) atoms. The lowest BCUT2D eigenvalue weighted by molar-refractivity contribution is -0.120. The van der Waals surface area contributed by atoms with Crippen LogP contribution in [0.1, 0.15) is 31.7 Å². The van der Waals surface area contributed by atoms with Crippen LogP contribution in [0.15, 0.2) is 18.2 Å². The van der Waals surface area contributed by atoms with E-state index in [1.807, 2.05) is 26.0 Å². The van der Waals surface area contributed by atoms with Crippen molar-refractivity contribution in [2.75, 3.05) is 11.9 Å². The molecule has 1 rings (SSSR count). The Morgan fingerprint density at radius 2 is 2.22 bits per heavy atom. The maximum atomic E-state index is 12.1. The van der Waals surface area contributed by atoms with E-state index in [-0.39, 0.29) is 11.8 Å². The first-order chi connectivity index (χ1) is 8.58. The minimum atomic E-state index is 0.0219. The standard InChI is InChI=1S/C14H21ClN2O/c1-3-11(5-4-8-16)14(18)17-12-7-6-10(2)13(15)9-12/h6-7,9,11H,3-5,8,16H2,1-2H3,(H,17,18). The van der Waals surface area contributed by atoms with Crippen LogP contribution in [0.3, 0.4) is 0 Å². The van der Waals surface area contributed by atoms with E-state index in [0.29, 0.717) is 11.6 Å². The molecule has 0 aliphatic rings. The van der Waals surface area contributed by atoms with E-state index in [2.05, 4.69) is 5.32 Å². The Hall–Kier alpha value is -1.06. The first-order valence-electron chi connectivity index (χ1n) is 6.35. The van der Waals surface area contributed by atoms with Gasteiger partial charge in [0.1, 0.15) is 0 Å². The van der Waals surface area contributed by atoms with Gasteiger partial charge in [-0.15, -0.1) is 0 Å². The van der Waals surface area contributed by atoms with Crippen molar-refractivity contribution in [1.29, 1.82) is 0 Å². The molecule has 3 nitrogen and oxygen atoms in total. The van der Waals surface area contributed by atoms with E-state index in [9.17, 15) is 4.79 Å². The van der Waals surface area contributed by atoms with E-state index in [0.717, 1.165) is 30.5 Å². The molecule has 3 N–H and O–H groups in total. The quantitative estimate of drug-likeness (QED) is 0.831. The van der Waals surface area contributed by atoms with E-state index in [1.54, 1.807) is 6.07 Å². The van der Waals surface area contributed by atoms with Crippen LogP contribution in [-0.4, -0.2) is 12.5 Å². The molecule has 0 bridgehead atoms. The summed E-state index contributed by atoms with van der Waals surface area (Å²) in [5.41, 5.74) is 7.23. The number of rotatable bonds is 6. The molecule has 1 aromatic carbocycles. The second kappa shape index (κ2) is 7.39. The van der Waals surface area contributed by atoms with Crippen molar-refractivity contribution in [3.8, 4) is 0 Å². The Morgan fingerprint density at radius 1 is 1.50 bits per heavy atom. The van der Waals surface area contributed by atoms with Gasteiger partial charge in [-0.25, -0.2) is 0 Å². The van der Waals surface area contributed by atoms with Gasteiger partial charge < -0.3 is 11.1 Å². The van der Waals surface area contributed by atoms with E-state index < -0.39 is 0 Å². The SMILES string of the molecule is CCC(CCCN)C(=O)Nc1ccc(C)c(Cl)c1. The number of halogens is 1. The maximum Gasteiger partial charge on any atom is 0.227 e. The third-order valence-electron chi connectivity index (χ3n) is 3.06. The molecule has 0 saturated heterocycles. The van der Waals surface area contributed by atoms with Crippen molar-refractivity contribution < 1.29 is 4.79 Å². The summed E-state index contributed by atoms with van der Waals surface area (Å²) in [6.45, 7) is 4.58. The molecule has 0 radical (unpaired) electrons. The molecule has 1 unspecified atom stereocenters. The molecule has 0 aromatic heterocycles. The molecular formula is C14H21ClN2O. The predicted octanol–water partition coefficient (Wildman–Crippen LogP) is 3.35. The molecule has 0 heterocycles. The molecule has 0 spiro atoms. The smallest absolute Gasteiger partial charge is 0.227 e. The Bertz CT molecular complexity index is 407. The largest absolute Gasteiger partial charge is 0.330 e. The van der Waals surface area contributed by atoms with Gasteiger partial charge in [0, 0.05) is 16.6 Å². The number of carbonyl (C=O) groups excluding carboxylic acids is 1. The number of carbonyl (C=O) groups is 1. The Kier molecular flexibility index (Phi) is 6.16. The highest BCUT2D eigenvalue weighted by Gasteiger charge is 2.16.